The molecule has 134 valence electrons. The van der Waals surface area contributed by atoms with Gasteiger partial charge in [-0.3, -0.25) is 0 Å². The molecule has 2 aliphatic rings. The lowest BCUT2D eigenvalue weighted by atomic mass is 9.83. The van der Waals surface area contributed by atoms with Crippen molar-refractivity contribution in [2.45, 2.75) is 12.5 Å². The van der Waals surface area contributed by atoms with Crippen molar-refractivity contribution in [1.82, 2.24) is 5.32 Å². The van der Waals surface area contributed by atoms with Crippen LogP contribution in [0.4, 0.5) is 19.3 Å². The van der Waals surface area contributed by atoms with Gasteiger partial charge in [-0.2, -0.15) is 0 Å². The van der Waals surface area contributed by atoms with Crippen LogP contribution in [0.2, 0.25) is 0 Å². The molecule has 7 heteroatoms. The Morgan fingerprint density at radius 3 is 2.84 bits per heavy atom. The van der Waals surface area contributed by atoms with Crippen LogP contribution in [0, 0.1) is 23.5 Å². The fourth-order valence-electron chi connectivity index (χ4n) is 3.15. The number of nitrogens with one attached hydrogen (secondary N) is 2. The van der Waals surface area contributed by atoms with Gasteiger partial charge in [-0.1, -0.05) is 6.08 Å². The number of ether oxygens (including phenoxy) is 2. The molecule has 1 saturated heterocycles. The molecule has 0 spiro atoms. The Hall–Kier alpha value is -2.41. The fraction of sp³-hybridized carbons (Fsp3) is 0.389. The van der Waals surface area contributed by atoms with Crippen LogP contribution in [-0.4, -0.2) is 32.4 Å². The summed E-state index contributed by atoms with van der Waals surface area (Å²) in [7, 11) is 1.62. The second-order valence-electron chi connectivity index (χ2n) is 6.10. The number of methoxy groups -OCH3 is 1. The summed E-state index contributed by atoms with van der Waals surface area (Å²) >= 11 is 0. The van der Waals surface area contributed by atoms with Gasteiger partial charge in [0.1, 0.15) is 17.4 Å². The molecule has 5 nitrogen and oxygen atoms in total. The average molecular weight is 350 g/mol. The molecule has 3 rings (SSSR count). The molecule has 0 saturated carbocycles. The third-order valence-electron chi connectivity index (χ3n) is 4.50. The highest BCUT2D eigenvalue weighted by atomic mass is 19.1. The van der Waals surface area contributed by atoms with Gasteiger partial charge in [0.15, 0.2) is 0 Å². The summed E-state index contributed by atoms with van der Waals surface area (Å²) in [6.07, 6.45) is 6.79. The van der Waals surface area contributed by atoms with Crippen LogP contribution in [0.1, 0.15) is 6.42 Å². The minimum Gasteiger partial charge on any atom is -0.497 e. The van der Waals surface area contributed by atoms with Crippen LogP contribution in [0.3, 0.4) is 0 Å². The van der Waals surface area contributed by atoms with Crippen LogP contribution < -0.4 is 10.6 Å². The number of anilines is 1. The van der Waals surface area contributed by atoms with Gasteiger partial charge in [0, 0.05) is 12.0 Å². The first kappa shape index (κ1) is 17.4. The van der Waals surface area contributed by atoms with E-state index in [0.29, 0.717) is 13.2 Å². The molecule has 1 aromatic rings. The molecular formula is C18H20F2N2O3. The maximum absolute atomic E-state index is 13.6. The number of hydrogen-bond acceptors (Lipinski definition) is 3. The van der Waals surface area contributed by atoms with Gasteiger partial charge in [-0.05, 0) is 36.6 Å². The summed E-state index contributed by atoms with van der Waals surface area (Å²) < 4.78 is 37.2. The predicted molar refractivity (Wildman–Crippen MR) is 88.9 cm³/mol. The smallest absolute Gasteiger partial charge is 0.319 e. The van der Waals surface area contributed by atoms with Crippen LogP contribution in [0.15, 0.2) is 42.2 Å². The number of carbonyl (C=O) groups is 1. The lowest BCUT2D eigenvalue weighted by Gasteiger charge is -2.26. The summed E-state index contributed by atoms with van der Waals surface area (Å²) in [6, 6.07) is 2.28. The number of allylic oxidation sites excluding steroid dienone is 3. The molecule has 1 aliphatic heterocycles. The lowest BCUT2D eigenvalue weighted by molar-refractivity contribution is 0.176. The monoisotopic (exact) mass is 350 g/mol. The summed E-state index contributed by atoms with van der Waals surface area (Å²) in [5, 5.41) is 5.23. The van der Waals surface area contributed by atoms with E-state index in [4.69, 9.17) is 9.47 Å². The van der Waals surface area contributed by atoms with E-state index in [1.54, 1.807) is 7.11 Å². The minimum atomic E-state index is -0.818. The molecule has 0 bridgehead atoms. The molecular weight excluding hydrogens is 330 g/mol. The number of urea groups is 1. The standard InChI is InChI=1S/C18H20F2N2O3/c1-24-13-5-2-11(3-6-13)14-9-25-10-17(14)22-18(23)21-16-7-4-12(19)8-15(16)20/h2,4-8,11,14,17H,3,9-10H2,1H3,(H2,21,22,23)/t11?,14-,17?/m0/s1. The zero-order chi connectivity index (χ0) is 17.8. The van der Waals surface area contributed by atoms with Crippen LogP contribution in [0.25, 0.3) is 0 Å². The van der Waals surface area contributed by atoms with Crippen molar-refractivity contribution < 1.29 is 23.0 Å². The number of amides is 2. The van der Waals surface area contributed by atoms with E-state index in [9.17, 15) is 13.6 Å². The average Bonchev–Trinajstić information content (AvgIpc) is 3.05. The maximum Gasteiger partial charge on any atom is 0.319 e. The highest BCUT2D eigenvalue weighted by Gasteiger charge is 2.35. The van der Waals surface area contributed by atoms with E-state index in [0.717, 1.165) is 24.3 Å². The fourth-order valence-corrected chi connectivity index (χ4v) is 3.15. The second kappa shape index (κ2) is 7.65. The number of rotatable bonds is 4. The van der Waals surface area contributed by atoms with Gasteiger partial charge in [0.05, 0.1) is 32.1 Å². The number of hydrogen-bond donors (Lipinski definition) is 2. The topological polar surface area (TPSA) is 59.6 Å². The summed E-state index contributed by atoms with van der Waals surface area (Å²) in [5.41, 5.74) is -0.0698. The number of benzene rings is 1. The maximum atomic E-state index is 13.6. The van der Waals surface area contributed by atoms with Gasteiger partial charge in [0.2, 0.25) is 0 Å². The van der Waals surface area contributed by atoms with Gasteiger partial charge < -0.3 is 20.1 Å². The molecule has 3 atom stereocenters. The van der Waals surface area contributed by atoms with E-state index in [2.05, 4.69) is 16.7 Å². The van der Waals surface area contributed by atoms with Crippen molar-refractivity contribution in [2.75, 3.05) is 25.6 Å². The zero-order valence-electron chi connectivity index (χ0n) is 13.8. The lowest BCUT2D eigenvalue weighted by Crippen LogP contribution is -2.44. The highest BCUT2D eigenvalue weighted by molar-refractivity contribution is 5.89. The van der Waals surface area contributed by atoms with E-state index in [1.807, 2.05) is 12.2 Å². The Morgan fingerprint density at radius 2 is 2.16 bits per heavy atom. The Labute approximate surface area is 144 Å². The second-order valence-corrected chi connectivity index (χ2v) is 6.10. The first-order chi connectivity index (χ1) is 12.1. The first-order valence-electron chi connectivity index (χ1n) is 8.09. The SMILES string of the molecule is COC1=CCC([C@@H]2COCC2NC(=O)Nc2ccc(F)cc2F)C=C1. The molecule has 0 aromatic heterocycles. The van der Waals surface area contributed by atoms with Crippen molar-refractivity contribution in [2.24, 2.45) is 11.8 Å². The molecule has 0 radical (unpaired) electrons. The number of carbonyl (C=O) groups excluding carboxylic acids is 1. The van der Waals surface area contributed by atoms with Crippen molar-refractivity contribution >= 4 is 11.7 Å². The molecule has 25 heavy (non-hydrogen) atoms. The number of halogens is 2. The van der Waals surface area contributed by atoms with Gasteiger partial charge in [0.25, 0.3) is 0 Å². The van der Waals surface area contributed by atoms with E-state index >= 15 is 0 Å². The van der Waals surface area contributed by atoms with E-state index in [-0.39, 0.29) is 23.6 Å². The van der Waals surface area contributed by atoms with Gasteiger partial charge >= 0.3 is 6.03 Å². The van der Waals surface area contributed by atoms with E-state index < -0.39 is 17.7 Å². The van der Waals surface area contributed by atoms with Crippen LogP contribution in [0.5, 0.6) is 0 Å². The molecule has 2 N–H and O–H groups in total. The first-order valence-corrected chi connectivity index (χ1v) is 8.09. The quantitative estimate of drug-likeness (QED) is 0.877. The third kappa shape index (κ3) is 4.17. The van der Waals surface area contributed by atoms with Crippen molar-refractivity contribution in [3.63, 3.8) is 0 Å². The Balaban J connectivity index is 1.59. The van der Waals surface area contributed by atoms with Crippen molar-refractivity contribution in [3.8, 4) is 0 Å². The molecule has 2 unspecified atom stereocenters. The molecule has 1 aromatic carbocycles. The molecule has 1 fully saturated rings. The normalized spacial score (nSPS) is 25.4. The zero-order valence-corrected chi connectivity index (χ0v) is 13.8. The molecule has 1 heterocycles. The predicted octanol–water partition coefficient (Wildman–Crippen LogP) is 3.21. The van der Waals surface area contributed by atoms with E-state index in [1.165, 1.54) is 6.07 Å². The highest BCUT2D eigenvalue weighted by Crippen LogP contribution is 2.30. The molecule has 1 aliphatic carbocycles. The Kier molecular flexibility index (Phi) is 5.33. The third-order valence-corrected chi connectivity index (χ3v) is 4.50. The van der Waals surface area contributed by atoms with Gasteiger partial charge in [-0.15, -0.1) is 0 Å². The summed E-state index contributed by atoms with van der Waals surface area (Å²) in [5.74, 6) is -0.338. The largest absolute Gasteiger partial charge is 0.497 e. The molecule has 2 amide bonds. The Morgan fingerprint density at radius 1 is 1.32 bits per heavy atom. The minimum absolute atomic E-state index is 0.0698. The van der Waals surface area contributed by atoms with Gasteiger partial charge in [-0.25, -0.2) is 13.6 Å². The van der Waals surface area contributed by atoms with Crippen LogP contribution >= 0.6 is 0 Å². The van der Waals surface area contributed by atoms with Crippen molar-refractivity contribution in [3.05, 3.63) is 53.8 Å². The van der Waals surface area contributed by atoms with Crippen LogP contribution in [-0.2, 0) is 9.47 Å². The summed E-state index contributed by atoms with van der Waals surface area (Å²) in [6.45, 7) is 0.941. The van der Waals surface area contributed by atoms with Crippen molar-refractivity contribution in [1.29, 1.82) is 0 Å². The summed E-state index contributed by atoms with van der Waals surface area (Å²) in [4.78, 5) is 12.1. The Bertz CT molecular complexity index is 706.